The van der Waals surface area contributed by atoms with Gasteiger partial charge in [-0.25, -0.2) is 5.01 Å². The van der Waals surface area contributed by atoms with Gasteiger partial charge < -0.3 is 14.8 Å². The molecule has 0 saturated carbocycles. The summed E-state index contributed by atoms with van der Waals surface area (Å²) in [5.41, 5.74) is 0.0564. The van der Waals surface area contributed by atoms with Gasteiger partial charge in [-0.1, -0.05) is 5.22 Å². The predicted molar refractivity (Wildman–Crippen MR) is 102 cm³/mol. The molecule has 1 atom stereocenters. The van der Waals surface area contributed by atoms with Crippen LogP contribution in [0.2, 0.25) is 0 Å². The second kappa shape index (κ2) is 7.83. The zero-order valence-corrected chi connectivity index (χ0v) is 15.4. The Balaban J connectivity index is 1.57. The van der Waals surface area contributed by atoms with Crippen LogP contribution in [0, 0.1) is 0 Å². The molecule has 3 heterocycles. The first-order valence-corrected chi connectivity index (χ1v) is 9.47. The van der Waals surface area contributed by atoms with Gasteiger partial charge in [-0.15, -0.1) is 0 Å². The summed E-state index contributed by atoms with van der Waals surface area (Å²) in [6.07, 6.45) is 0.269. The number of nitrogens with one attached hydrogen (secondary N) is 1. The van der Waals surface area contributed by atoms with Crippen LogP contribution in [-0.4, -0.2) is 43.3 Å². The van der Waals surface area contributed by atoms with Crippen molar-refractivity contribution in [3.63, 3.8) is 0 Å². The molecule has 0 aliphatic carbocycles. The summed E-state index contributed by atoms with van der Waals surface area (Å²) in [5, 5.41) is 13.0. The van der Waals surface area contributed by atoms with Crippen molar-refractivity contribution < 1.29 is 13.2 Å². The molecular weight excluding hydrogens is 369 g/mol. The quantitative estimate of drug-likeness (QED) is 0.847. The minimum absolute atomic E-state index is 0.0477. The van der Waals surface area contributed by atoms with E-state index in [0.29, 0.717) is 38.4 Å². The Labute approximate surface area is 161 Å². The van der Waals surface area contributed by atoms with Crippen LogP contribution in [0.3, 0.4) is 0 Å². The molecule has 2 aromatic rings. The third-order valence-corrected chi connectivity index (χ3v) is 5.19. The van der Waals surface area contributed by atoms with E-state index in [1.165, 1.54) is 6.07 Å². The molecule has 1 aromatic carbocycles. The molecular formula is C19H23F3N6. The number of aromatic nitrogens is 1. The first kappa shape index (κ1) is 18.8. The molecule has 4 rings (SSSR count). The third-order valence-electron chi connectivity index (χ3n) is 5.19. The zero-order chi connectivity index (χ0) is 19.6. The first-order chi connectivity index (χ1) is 13.5. The summed E-state index contributed by atoms with van der Waals surface area (Å²) in [6, 6.07) is 8.36. The Kier molecular flexibility index (Phi) is 5.25. The summed E-state index contributed by atoms with van der Waals surface area (Å²) in [6.45, 7) is 3.74. The van der Waals surface area contributed by atoms with Crippen molar-refractivity contribution in [3.8, 4) is 0 Å². The Morgan fingerprint density at radius 1 is 1.11 bits per heavy atom. The van der Waals surface area contributed by atoms with Crippen molar-refractivity contribution in [2.75, 3.05) is 42.6 Å². The van der Waals surface area contributed by atoms with Crippen LogP contribution in [0.1, 0.15) is 12.0 Å². The normalized spacial score (nSPS) is 20.2. The van der Waals surface area contributed by atoms with E-state index in [1.54, 1.807) is 22.0 Å². The van der Waals surface area contributed by atoms with Crippen molar-refractivity contribution in [2.45, 2.75) is 25.2 Å². The van der Waals surface area contributed by atoms with E-state index in [1.807, 2.05) is 29.1 Å². The van der Waals surface area contributed by atoms with E-state index >= 15 is 0 Å². The van der Waals surface area contributed by atoms with E-state index in [9.17, 15) is 13.2 Å². The standard InChI is InChI=1S/C19H23F3N6/c20-19(21,22)17-13-15(3-4-18(17)27-11-6-23-7-12-27)28-16(14-24-25-28)5-10-26-8-1-2-9-26/h1-4,8-9,13,16,23H,5-7,10-12,14H2. The lowest BCUT2D eigenvalue weighted by Crippen LogP contribution is -2.44. The monoisotopic (exact) mass is 392 g/mol. The zero-order valence-electron chi connectivity index (χ0n) is 15.4. The molecule has 2 aliphatic rings. The summed E-state index contributed by atoms with van der Waals surface area (Å²) in [7, 11) is 0. The van der Waals surface area contributed by atoms with E-state index in [2.05, 4.69) is 15.7 Å². The molecule has 1 fully saturated rings. The van der Waals surface area contributed by atoms with Gasteiger partial charge in [0.05, 0.1) is 23.8 Å². The number of hydrogen-bond acceptors (Lipinski definition) is 5. The number of piperazine rings is 1. The van der Waals surface area contributed by atoms with Gasteiger partial charge in [0.2, 0.25) is 0 Å². The van der Waals surface area contributed by atoms with Gasteiger partial charge >= 0.3 is 6.18 Å². The summed E-state index contributed by atoms with van der Waals surface area (Å²) in [4.78, 5) is 1.79. The molecule has 1 N–H and O–H groups in total. The van der Waals surface area contributed by atoms with Gasteiger partial charge in [0.1, 0.15) is 0 Å². The van der Waals surface area contributed by atoms with E-state index in [-0.39, 0.29) is 11.7 Å². The lowest BCUT2D eigenvalue weighted by molar-refractivity contribution is -0.137. The topological polar surface area (TPSA) is 48.2 Å². The third kappa shape index (κ3) is 3.99. The smallest absolute Gasteiger partial charge is 0.368 e. The number of halogens is 3. The van der Waals surface area contributed by atoms with Gasteiger partial charge in [-0.05, 0) is 36.8 Å². The molecule has 150 valence electrons. The highest BCUT2D eigenvalue weighted by molar-refractivity contribution is 5.63. The fraction of sp³-hybridized carbons (Fsp3) is 0.474. The lowest BCUT2D eigenvalue weighted by atomic mass is 10.1. The van der Waals surface area contributed by atoms with Gasteiger partial charge in [-0.2, -0.15) is 18.3 Å². The first-order valence-electron chi connectivity index (χ1n) is 9.47. The van der Waals surface area contributed by atoms with Crippen LogP contribution < -0.4 is 15.2 Å². The fourth-order valence-corrected chi connectivity index (χ4v) is 3.72. The highest BCUT2D eigenvalue weighted by Crippen LogP contribution is 2.40. The van der Waals surface area contributed by atoms with Crippen molar-refractivity contribution in [1.82, 2.24) is 9.88 Å². The molecule has 0 amide bonds. The average Bonchev–Trinajstić information content (AvgIpc) is 3.37. The number of aryl methyl sites for hydroxylation is 1. The van der Waals surface area contributed by atoms with Crippen LogP contribution in [0.15, 0.2) is 53.1 Å². The number of alkyl halides is 3. The van der Waals surface area contributed by atoms with Crippen LogP contribution in [0.4, 0.5) is 24.5 Å². The number of rotatable bonds is 5. The molecule has 0 spiro atoms. The Bertz CT molecular complexity index is 812. The summed E-state index contributed by atoms with van der Waals surface area (Å²) < 4.78 is 43.4. The highest BCUT2D eigenvalue weighted by atomic mass is 19.4. The molecule has 1 unspecified atom stereocenters. The summed E-state index contributed by atoms with van der Waals surface area (Å²) >= 11 is 0. The van der Waals surface area contributed by atoms with E-state index < -0.39 is 11.7 Å². The van der Waals surface area contributed by atoms with Crippen molar-refractivity contribution in [3.05, 3.63) is 48.3 Å². The lowest BCUT2D eigenvalue weighted by Gasteiger charge is -2.32. The van der Waals surface area contributed by atoms with Crippen LogP contribution in [-0.2, 0) is 12.7 Å². The maximum Gasteiger partial charge on any atom is 0.418 e. The average molecular weight is 392 g/mol. The van der Waals surface area contributed by atoms with E-state index in [0.717, 1.165) is 13.0 Å². The van der Waals surface area contributed by atoms with Crippen molar-refractivity contribution >= 4 is 11.4 Å². The SMILES string of the molecule is FC(F)(F)c1cc(N2N=NCC2CCn2cccc2)ccc1N1CCNCC1. The Morgan fingerprint density at radius 3 is 2.57 bits per heavy atom. The molecule has 0 radical (unpaired) electrons. The molecule has 1 saturated heterocycles. The molecule has 2 aliphatic heterocycles. The number of anilines is 2. The summed E-state index contributed by atoms with van der Waals surface area (Å²) in [5.74, 6) is 0. The van der Waals surface area contributed by atoms with Gasteiger partial charge in [-0.3, -0.25) is 0 Å². The van der Waals surface area contributed by atoms with Gasteiger partial charge in [0, 0.05) is 50.8 Å². The number of hydrogen-bond donors (Lipinski definition) is 1. The second-order valence-electron chi connectivity index (χ2n) is 7.06. The maximum atomic E-state index is 13.8. The van der Waals surface area contributed by atoms with Crippen molar-refractivity contribution in [1.29, 1.82) is 0 Å². The Hall–Kier alpha value is -2.55. The number of benzene rings is 1. The molecule has 1 aromatic heterocycles. The van der Waals surface area contributed by atoms with E-state index in [4.69, 9.17) is 0 Å². The molecule has 28 heavy (non-hydrogen) atoms. The minimum Gasteiger partial charge on any atom is -0.368 e. The minimum atomic E-state index is -4.42. The highest BCUT2D eigenvalue weighted by Gasteiger charge is 2.36. The van der Waals surface area contributed by atoms with Crippen LogP contribution in [0.25, 0.3) is 0 Å². The van der Waals surface area contributed by atoms with Crippen LogP contribution in [0.5, 0.6) is 0 Å². The maximum absolute atomic E-state index is 13.8. The fourth-order valence-electron chi connectivity index (χ4n) is 3.72. The predicted octanol–water partition coefficient (Wildman–Crippen LogP) is 3.56. The van der Waals surface area contributed by atoms with Gasteiger partial charge in [0.15, 0.2) is 0 Å². The van der Waals surface area contributed by atoms with Gasteiger partial charge in [0.25, 0.3) is 0 Å². The molecule has 0 bridgehead atoms. The largest absolute Gasteiger partial charge is 0.418 e. The Morgan fingerprint density at radius 2 is 1.86 bits per heavy atom. The van der Waals surface area contributed by atoms with Crippen LogP contribution >= 0.6 is 0 Å². The molecule has 6 nitrogen and oxygen atoms in total. The molecule has 9 heteroatoms. The second-order valence-corrected chi connectivity index (χ2v) is 7.06. The van der Waals surface area contributed by atoms with Crippen molar-refractivity contribution in [2.24, 2.45) is 10.3 Å². The number of nitrogens with zero attached hydrogens (tertiary/aromatic N) is 5.